The number of rotatable bonds is 3. The molecule has 1 aliphatic heterocycles. The van der Waals surface area contributed by atoms with E-state index in [1.54, 1.807) is 0 Å². The molecule has 2 aliphatic rings. The summed E-state index contributed by atoms with van der Waals surface area (Å²) in [5, 5.41) is 3.43. The quantitative estimate of drug-likeness (QED) is 0.722. The van der Waals surface area contributed by atoms with Crippen LogP contribution in [0.1, 0.15) is 25.7 Å². The molecule has 1 saturated heterocycles. The first-order valence-corrected chi connectivity index (χ1v) is 6.54. The van der Waals surface area contributed by atoms with Crippen molar-refractivity contribution in [1.29, 1.82) is 0 Å². The molecule has 0 amide bonds. The summed E-state index contributed by atoms with van der Waals surface area (Å²) in [6.07, 6.45) is 5.49. The Balaban J connectivity index is 1.93. The van der Waals surface area contributed by atoms with Crippen LogP contribution in [0.3, 0.4) is 0 Å². The van der Waals surface area contributed by atoms with Gasteiger partial charge in [-0.15, -0.1) is 0 Å². The van der Waals surface area contributed by atoms with E-state index in [-0.39, 0.29) is 0 Å². The van der Waals surface area contributed by atoms with Gasteiger partial charge >= 0.3 is 0 Å². The fourth-order valence-corrected chi connectivity index (χ4v) is 3.11. The van der Waals surface area contributed by atoms with Gasteiger partial charge in [0.25, 0.3) is 0 Å². The molecule has 4 nitrogen and oxygen atoms in total. The second-order valence-corrected chi connectivity index (χ2v) is 5.01. The van der Waals surface area contributed by atoms with Gasteiger partial charge in [-0.25, -0.2) is 0 Å². The topological polar surface area (TPSA) is 50.5 Å². The molecule has 0 radical (unpaired) electrons. The van der Waals surface area contributed by atoms with Crippen molar-refractivity contribution in [3.8, 4) is 0 Å². The van der Waals surface area contributed by atoms with Gasteiger partial charge in [-0.3, -0.25) is 4.90 Å². The van der Waals surface area contributed by atoms with E-state index in [1.807, 2.05) is 7.11 Å². The van der Waals surface area contributed by atoms with E-state index in [9.17, 15) is 0 Å². The Morgan fingerprint density at radius 3 is 3.06 bits per heavy atom. The normalized spacial score (nSPS) is 37.5. The molecule has 1 heterocycles. The Morgan fingerprint density at radius 1 is 1.44 bits per heavy atom. The molecular formula is C12H25N3O. The average molecular weight is 227 g/mol. The molecule has 3 atom stereocenters. The highest BCUT2D eigenvalue weighted by molar-refractivity contribution is 4.89. The Morgan fingerprint density at radius 2 is 2.31 bits per heavy atom. The molecular weight excluding hydrogens is 202 g/mol. The molecule has 0 aromatic heterocycles. The molecule has 16 heavy (non-hydrogen) atoms. The Hall–Kier alpha value is -0.160. The largest absolute Gasteiger partial charge is 0.381 e. The van der Waals surface area contributed by atoms with Crippen LogP contribution in [0.15, 0.2) is 0 Å². The van der Waals surface area contributed by atoms with E-state index in [0.29, 0.717) is 18.2 Å². The summed E-state index contributed by atoms with van der Waals surface area (Å²) in [5.41, 5.74) is 5.85. The number of nitrogens with zero attached hydrogens (tertiary/aromatic N) is 1. The second-order valence-electron chi connectivity index (χ2n) is 5.01. The van der Waals surface area contributed by atoms with Crippen LogP contribution in [-0.2, 0) is 4.74 Å². The number of hydrogen-bond acceptors (Lipinski definition) is 4. The third-order valence-corrected chi connectivity index (χ3v) is 4.07. The van der Waals surface area contributed by atoms with Gasteiger partial charge in [0.1, 0.15) is 0 Å². The smallest absolute Gasteiger partial charge is 0.0586 e. The minimum Gasteiger partial charge on any atom is -0.381 e. The van der Waals surface area contributed by atoms with Crippen LogP contribution in [0.2, 0.25) is 0 Å². The fraction of sp³-hybridized carbons (Fsp3) is 1.00. The number of ether oxygens (including phenoxy) is 1. The molecule has 4 heteroatoms. The van der Waals surface area contributed by atoms with Gasteiger partial charge in [-0.05, 0) is 25.7 Å². The molecule has 1 saturated carbocycles. The second kappa shape index (κ2) is 5.96. The molecule has 0 aromatic carbocycles. The summed E-state index contributed by atoms with van der Waals surface area (Å²) < 4.78 is 5.51. The average Bonchev–Trinajstić information content (AvgIpc) is 2.38. The van der Waals surface area contributed by atoms with Crippen LogP contribution in [0.25, 0.3) is 0 Å². The third-order valence-electron chi connectivity index (χ3n) is 4.07. The highest BCUT2D eigenvalue weighted by Gasteiger charge is 2.31. The highest BCUT2D eigenvalue weighted by Crippen LogP contribution is 2.26. The van der Waals surface area contributed by atoms with Crippen LogP contribution in [0, 0.1) is 0 Å². The van der Waals surface area contributed by atoms with Gasteiger partial charge in [-0.2, -0.15) is 0 Å². The van der Waals surface area contributed by atoms with E-state index >= 15 is 0 Å². The lowest BCUT2D eigenvalue weighted by Crippen LogP contribution is -2.58. The van der Waals surface area contributed by atoms with Gasteiger partial charge < -0.3 is 15.8 Å². The number of piperazine rings is 1. The lowest BCUT2D eigenvalue weighted by atomic mass is 9.90. The predicted molar refractivity (Wildman–Crippen MR) is 65.5 cm³/mol. The van der Waals surface area contributed by atoms with Crippen molar-refractivity contribution in [2.24, 2.45) is 5.73 Å². The summed E-state index contributed by atoms with van der Waals surface area (Å²) in [5.74, 6) is 0. The Labute approximate surface area is 98.5 Å². The zero-order valence-electron chi connectivity index (χ0n) is 10.3. The summed E-state index contributed by atoms with van der Waals surface area (Å²) in [4.78, 5) is 2.61. The van der Waals surface area contributed by atoms with Crippen LogP contribution in [0.4, 0.5) is 0 Å². The first-order chi connectivity index (χ1) is 7.85. The van der Waals surface area contributed by atoms with E-state index in [0.717, 1.165) is 26.2 Å². The van der Waals surface area contributed by atoms with Crippen LogP contribution >= 0.6 is 0 Å². The first kappa shape index (κ1) is 12.3. The zero-order chi connectivity index (χ0) is 11.4. The molecule has 2 rings (SSSR count). The lowest BCUT2D eigenvalue weighted by molar-refractivity contribution is 0.00913. The number of nitrogens with two attached hydrogens (primary N) is 1. The van der Waals surface area contributed by atoms with E-state index < -0.39 is 0 Å². The van der Waals surface area contributed by atoms with Crippen molar-refractivity contribution < 1.29 is 4.74 Å². The molecule has 0 aromatic rings. The van der Waals surface area contributed by atoms with Gasteiger partial charge in [-0.1, -0.05) is 0 Å². The summed E-state index contributed by atoms with van der Waals surface area (Å²) >= 11 is 0. The van der Waals surface area contributed by atoms with Gasteiger partial charge in [0.2, 0.25) is 0 Å². The van der Waals surface area contributed by atoms with Gasteiger partial charge in [0.05, 0.1) is 6.10 Å². The molecule has 94 valence electrons. The van der Waals surface area contributed by atoms with Crippen molar-refractivity contribution in [2.75, 3.05) is 33.3 Å². The van der Waals surface area contributed by atoms with Crippen molar-refractivity contribution >= 4 is 0 Å². The van der Waals surface area contributed by atoms with E-state index in [1.165, 1.54) is 25.7 Å². The maximum atomic E-state index is 5.85. The minimum atomic E-state index is 0.465. The maximum Gasteiger partial charge on any atom is 0.0586 e. The third kappa shape index (κ3) is 2.74. The molecule has 2 fully saturated rings. The molecule has 0 bridgehead atoms. The van der Waals surface area contributed by atoms with Crippen LogP contribution < -0.4 is 11.1 Å². The van der Waals surface area contributed by atoms with Gasteiger partial charge in [0.15, 0.2) is 0 Å². The molecule has 3 unspecified atom stereocenters. The summed E-state index contributed by atoms with van der Waals surface area (Å²) in [6, 6.07) is 1.21. The van der Waals surface area contributed by atoms with E-state index in [2.05, 4.69) is 10.2 Å². The minimum absolute atomic E-state index is 0.465. The maximum absolute atomic E-state index is 5.85. The first-order valence-electron chi connectivity index (χ1n) is 6.54. The standard InChI is InChI=1S/C12H25N3O/c1-16-12-4-2-3-10(7-12)15-6-5-14-9-11(15)8-13/h10-12,14H,2-9,13H2,1H3. The van der Waals surface area contributed by atoms with Crippen molar-refractivity contribution in [3.63, 3.8) is 0 Å². The number of methoxy groups -OCH3 is 1. The van der Waals surface area contributed by atoms with Crippen molar-refractivity contribution in [1.82, 2.24) is 10.2 Å². The van der Waals surface area contributed by atoms with Crippen LogP contribution in [0.5, 0.6) is 0 Å². The molecule has 0 spiro atoms. The predicted octanol–water partition coefficient (Wildman–Crippen LogP) is 0.177. The SMILES string of the molecule is COC1CCCC(N2CCNCC2CN)C1. The molecule has 1 aliphatic carbocycles. The summed E-state index contributed by atoms with van der Waals surface area (Å²) in [7, 11) is 1.84. The van der Waals surface area contributed by atoms with Crippen molar-refractivity contribution in [2.45, 2.75) is 43.9 Å². The Kier molecular flexibility index (Phi) is 4.58. The zero-order valence-corrected chi connectivity index (χ0v) is 10.3. The number of nitrogens with one attached hydrogen (secondary N) is 1. The number of hydrogen-bond donors (Lipinski definition) is 2. The molecule has 3 N–H and O–H groups in total. The van der Waals surface area contributed by atoms with Crippen LogP contribution in [-0.4, -0.2) is 56.4 Å². The highest BCUT2D eigenvalue weighted by atomic mass is 16.5. The fourth-order valence-electron chi connectivity index (χ4n) is 3.11. The monoisotopic (exact) mass is 227 g/mol. The van der Waals surface area contributed by atoms with Crippen molar-refractivity contribution in [3.05, 3.63) is 0 Å². The summed E-state index contributed by atoms with van der Waals surface area (Å²) in [6.45, 7) is 4.05. The van der Waals surface area contributed by atoms with E-state index in [4.69, 9.17) is 10.5 Å². The van der Waals surface area contributed by atoms with Gasteiger partial charge in [0, 0.05) is 45.4 Å². The lowest BCUT2D eigenvalue weighted by Gasteiger charge is -2.44. The Bertz CT molecular complexity index is 212.